The number of carboxylic acid groups (broad SMARTS) is 1. The summed E-state index contributed by atoms with van der Waals surface area (Å²) < 4.78 is 9.87. The minimum atomic E-state index is -1.20. The molecule has 1 N–H and O–H groups in total. The first-order valence-corrected chi connectivity index (χ1v) is 9.59. The molecule has 0 spiro atoms. The van der Waals surface area contributed by atoms with Gasteiger partial charge in [0.2, 0.25) is 0 Å². The SMILES string of the molecule is O=C(O)c1cn2c(cc1=O)C1=C(c3ccc(-n4cccn4)cc3C1)[C@H]1OCC[C@H]12. The molecule has 144 valence electrons. The summed E-state index contributed by atoms with van der Waals surface area (Å²) in [4.78, 5) is 23.9. The predicted octanol–water partition coefficient (Wildman–Crippen LogP) is 2.54. The number of fused-ring (bicyclic) bond motifs is 7. The molecule has 2 aromatic heterocycles. The molecule has 0 radical (unpaired) electrons. The number of carboxylic acids is 1. The number of carbonyl (C=O) groups is 1. The molecule has 0 amide bonds. The summed E-state index contributed by atoms with van der Waals surface area (Å²) >= 11 is 0. The lowest BCUT2D eigenvalue weighted by atomic mass is 9.89. The normalized spacial score (nSPS) is 21.5. The summed E-state index contributed by atoms with van der Waals surface area (Å²) in [7, 11) is 0. The van der Waals surface area contributed by atoms with E-state index in [2.05, 4.69) is 17.2 Å². The molecule has 1 fully saturated rings. The lowest BCUT2D eigenvalue weighted by molar-refractivity contribution is 0.0693. The van der Waals surface area contributed by atoms with Crippen molar-refractivity contribution in [3.63, 3.8) is 0 Å². The van der Waals surface area contributed by atoms with E-state index < -0.39 is 11.4 Å². The van der Waals surface area contributed by atoms with Crippen LogP contribution in [-0.4, -0.2) is 38.1 Å². The van der Waals surface area contributed by atoms with Crippen molar-refractivity contribution in [1.29, 1.82) is 0 Å². The smallest absolute Gasteiger partial charge is 0.341 e. The van der Waals surface area contributed by atoms with Crippen LogP contribution in [0.25, 0.3) is 16.8 Å². The number of aromatic nitrogens is 3. The molecular weight excluding hydrogens is 370 g/mol. The Morgan fingerprint density at radius 1 is 1.28 bits per heavy atom. The number of hydrogen-bond donors (Lipinski definition) is 1. The number of rotatable bonds is 2. The highest BCUT2D eigenvalue weighted by molar-refractivity contribution is 6.00. The fraction of sp³-hybridized carbons (Fsp3) is 0.227. The Hall–Kier alpha value is -3.45. The quantitative estimate of drug-likeness (QED) is 0.730. The van der Waals surface area contributed by atoms with Crippen LogP contribution in [0, 0.1) is 0 Å². The summed E-state index contributed by atoms with van der Waals surface area (Å²) in [5, 5.41) is 13.7. The van der Waals surface area contributed by atoms with Crippen molar-refractivity contribution in [2.75, 3.05) is 6.61 Å². The zero-order chi connectivity index (χ0) is 19.7. The highest BCUT2D eigenvalue weighted by Gasteiger charge is 2.43. The van der Waals surface area contributed by atoms with Gasteiger partial charge in [-0.05, 0) is 46.9 Å². The minimum Gasteiger partial charge on any atom is -0.477 e. The van der Waals surface area contributed by atoms with Gasteiger partial charge in [0.25, 0.3) is 0 Å². The Morgan fingerprint density at radius 2 is 2.17 bits per heavy atom. The lowest BCUT2D eigenvalue weighted by Gasteiger charge is -2.32. The molecule has 3 aliphatic rings. The molecule has 6 rings (SSSR count). The molecule has 1 saturated heterocycles. The van der Waals surface area contributed by atoms with Crippen LogP contribution in [0.15, 0.2) is 53.7 Å². The van der Waals surface area contributed by atoms with Gasteiger partial charge in [-0.3, -0.25) is 4.79 Å². The van der Waals surface area contributed by atoms with Crippen molar-refractivity contribution >= 4 is 17.1 Å². The van der Waals surface area contributed by atoms with Crippen LogP contribution >= 0.6 is 0 Å². The second-order valence-corrected chi connectivity index (χ2v) is 7.66. The molecule has 2 aliphatic heterocycles. The van der Waals surface area contributed by atoms with E-state index in [-0.39, 0.29) is 17.7 Å². The van der Waals surface area contributed by atoms with Crippen LogP contribution in [0.4, 0.5) is 0 Å². The van der Waals surface area contributed by atoms with Crippen LogP contribution < -0.4 is 5.43 Å². The van der Waals surface area contributed by atoms with Crippen LogP contribution in [0.2, 0.25) is 0 Å². The molecule has 0 unspecified atom stereocenters. The van der Waals surface area contributed by atoms with Crippen LogP contribution in [0.1, 0.15) is 39.6 Å². The number of hydrogen-bond acceptors (Lipinski definition) is 4. The van der Waals surface area contributed by atoms with E-state index in [1.54, 1.807) is 6.20 Å². The molecule has 0 saturated carbocycles. The van der Waals surface area contributed by atoms with E-state index in [9.17, 15) is 14.7 Å². The van der Waals surface area contributed by atoms with Crippen LogP contribution in [0.5, 0.6) is 0 Å². The Morgan fingerprint density at radius 3 is 2.97 bits per heavy atom. The van der Waals surface area contributed by atoms with E-state index >= 15 is 0 Å². The van der Waals surface area contributed by atoms with Crippen molar-refractivity contribution in [1.82, 2.24) is 14.3 Å². The fourth-order valence-corrected chi connectivity index (χ4v) is 4.92. The Labute approximate surface area is 165 Å². The van der Waals surface area contributed by atoms with E-state index in [0.29, 0.717) is 13.0 Å². The highest BCUT2D eigenvalue weighted by atomic mass is 16.5. The Kier molecular flexibility index (Phi) is 3.29. The van der Waals surface area contributed by atoms with E-state index in [0.717, 1.165) is 34.5 Å². The summed E-state index contributed by atoms with van der Waals surface area (Å²) in [5.41, 5.74) is 5.64. The topological polar surface area (TPSA) is 86.3 Å². The first kappa shape index (κ1) is 16.5. The van der Waals surface area contributed by atoms with Gasteiger partial charge in [0.05, 0.1) is 11.7 Å². The number of ether oxygens (including phenoxy) is 1. The Balaban J connectivity index is 1.54. The average molecular weight is 387 g/mol. The maximum atomic E-state index is 12.4. The van der Waals surface area contributed by atoms with Gasteiger partial charge in [-0.15, -0.1) is 0 Å². The van der Waals surface area contributed by atoms with E-state index in [1.165, 1.54) is 17.8 Å². The number of allylic oxidation sites excluding steroid dienone is 1. The first-order valence-electron chi connectivity index (χ1n) is 9.59. The number of nitrogens with zero attached hydrogens (tertiary/aromatic N) is 3. The van der Waals surface area contributed by atoms with Crippen LogP contribution in [0.3, 0.4) is 0 Å². The molecule has 0 bridgehead atoms. The molecule has 7 nitrogen and oxygen atoms in total. The molecule has 1 aromatic carbocycles. The maximum absolute atomic E-state index is 12.4. The van der Waals surface area contributed by atoms with Gasteiger partial charge in [-0.1, -0.05) is 6.07 Å². The van der Waals surface area contributed by atoms with Gasteiger partial charge in [-0.25, -0.2) is 9.48 Å². The van der Waals surface area contributed by atoms with Crippen molar-refractivity contribution < 1.29 is 14.6 Å². The number of benzene rings is 1. The molecule has 3 aromatic rings. The minimum absolute atomic E-state index is 0.000748. The first-order chi connectivity index (χ1) is 14.1. The van der Waals surface area contributed by atoms with Crippen molar-refractivity contribution in [2.24, 2.45) is 0 Å². The average Bonchev–Trinajstić information content (AvgIpc) is 3.45. The highest BCUT2D eigenvalue weighted by Crippen LogP contribution is 2.50. The standard InChI is InChI=1S/C22H17N3O4/c26-19-10-18-15-9-12-8-13(25-6-1-5-23-25)2-3-14(12)20(15)21-17(4-7-29-21)24(18)11-16(19)22(27)28/h1-3,5-6,8,10-11,17,21H,4,7,9H2,(H,27,28)/t17-,21+/m1/s1. The van der Waals surface area contributed by atoms with Crippen molar-refractivity contribution in [2.45, 2.75) is 25.0 Å². The molecule has 4 heterocycles. The number of pyridine rings is 1. The third-order valence-corrected chi connectivity index (χ3v) is 6.16. The fourth-order valence-electron chi connectivity index (χ4n) is 4.92. The second-order valence-electron chi connectivity index (χ2n) is 7.66. The molecule has 2 atom stereocenters. The van der Waals surface area contributed by atoms with Gasteiger partial charge in [-0.2, -0.15) is 5.10 Å². The largest absolute Gasteiger partial charge is 0.477 e. The zero-order valence-corrected chi connectivity index (χ0v) is 15.4. The number of aromatic carboxylic acids is 1. The molecular formula is C22H17N3O4. The molecule has 7 heteroatoms. The predicted molar refractivity (Wildman–Crippen MR) is 105 cm³/mol. The van der Waals surface area contributed by atoms with Crippen molar-refractivity contribution in [3.8, 4) is 5.69 Å². The second kappa shape index (κ2) is 5.78. The summed E-state index contributed by atoms with van der Waals surface area (Å²) in [6, 6.07) is 9.63. The van der Waals surface area contributed by atoms with Gasteiger partial charge < -0.3 is 14.4 Å². The zero-order valence-electron chi connectivity index (χ0n) is 15.4. The molecule has 29 heavy (non-hydrogen) atoms. The summed E-state index contributed by atoms with van der Waals surface area (Å²) in [5.74, 6) is -1.20. The maximum Gasteiger partial charge on any atom is 0.341 e. The van der Waals surface area contributed by atoms with E-state index in [1.807, 2.05) is 27.6 Å². The monoisotopic (exact) mass is 387 g/mol. The van der Waals surface area contributed by atoms with Crippen LogP contribution in [-0.2, 0) is 11.2 Å². The van der Waals surface area contributed by atoms with Gasteiger partial charge in [0.1, 0.15) is 11.7 Å². The van der Waals surface area contributed by atoms with Gasteiger partial charge >= 0.3 is 5.97 Å². The van der Waals surface area contributed by atoms with E-state index in [4.69, 9.17) is 4.74 Å². The molecule has 1 aliphatic carbocycles. The lowest BCUT2D eigenvalue weighted by Crippen LogP contribution is -2.31. The Bertz CT molecular complexity index is 1270. The summed E-state index contributed by atoms with van der Waals surface area (Å²) in [6.07, 6.45) is 6.49. The third kappa shape index (κ3) is 2.25. The van der Waals surface area contributed by atoms with Gasteiger partial charge in [0.15, 0.2) is 5.43 Å². The van der Waals surface area contributed by atoms with Gasteiger partial charge in [0, 0.05) is 43.4 Å². The van der Waals surface area contributed by atoms with Crippen molar-refractivity contribution in [3.05, 3.63) is 81.5 Å². The summed E-state index contributed by atoms with van der Waals surface area (Å²) in [6.45, 7) is 0.612. The third-order valence-electron chi connectivity index (χ3n) is 6.16.